The molecule has 12 heavy (non-hydrogen) atoms. The zero-order valence-electron chi connectivity index (χ0n) is 6.43. The van der Waals surface area contributed by atoms with Crippen molar-refractivity contribution < 1.29 is 4.39 Å². The third-order valence-electron chi connectivity index (χ3n) is 2.21. The van der Waals surface area contributed by atoms with Gasteiger partial charge < -0.3 is 5.73 Å². The Morgan fingerprint density at radius 2 is 2.17 bits per heavy atom. The number of rotatable bonds is 1. The summed E-state index contributed by atoms with van der Waals surface area (Å²) in [5.74, 6) is 0.180. The minimum Gasteiger partial charge on any atom is -0.327 e. The summed E-state index contributed by atoms with van der Waals surface area (Å²) in [6.07, 6.45) is 0.987. The van der Waals surface area contributed by atoms with Gasteiger partial charge in [-0.25, -0.2) is 4.39 Å². The number of benzene rings is 1. The van der Waals surface area contributed by atoms with Crippen molar-refractivity contribution in [2.24, 2.45) is 5.73 Å². The van der Waals surface area contributed by atoms with Gasteiger partial charge >= 0.3 is 0 Å². The molecule has 1 nitrogen and oxygen atoms in total. The first-order valence-corrected chi connectivity index (χ1v) is 4.68. The lowest BCUT2D eigenvalue weighted by atomic mass is 10.1. The normalized spacial score (nSPS) is 27.2. The van der Waals surface area contributed by atoms with Crippen LogP contribution in [0.3, 0.4) is 0 Å². The van der Waals surface area contributed by atoms with Gasteiger partial charge in [-0.3, -0.25) is 0 Å². The fraction of sp³-hybridized carbons (Fsp3) is 0.333. The van der Waals surface area contributed by atoms with Crippen molar-refractivity contribution in [1.82, 2.24) is 0 Å². The Hall–Kier alpha value is -0.410. The van der Waals surface area contributed by atoms with Crippen molar-refractivity contribution in [2.45, 2.75) is 18.4 Å². The molecule has 1 fully saturated rings. The van der Waals surface area contributed by atoms with E-state index in [1.165, 1.54) is 0 Å². The Labute approximate surface area is 78.9 Å². The van der Waals surface area contributed by atoms with E-state index < -0.39 is 0 Å². The predicted molar refractivity (Wildman–Crippen MR) is 49.4 cm³/mol. The third-order valence-corrected chi connectivity index (χ3v) is 2.85. The summed E-state index contributed by atoms with van der Waals surface area (Å²) >= 11 is 3.11. The van der Waals surface area contributed by atoms with E-state index in [2.05, 4.69) is 15.9 Å². The molecular formula is C9H9BrFN. The third kappa shape index (κ3) is 1.39. The minimum atomic E-state index is -0.202. The molecule has 0 spiro atoms. The molecule has 1 aromatic carbocycles. The Balaban J connectivity index is 2.29. The lowest BCUT2D eigenvalue weighted by molar-refractivity contribution is 0.618. The molecule has 0 radical (unpaired) electrons. The Bertz CT molecular complexity index is 313. The first-order chi connectivity index (χ1) is 5.68. The maximum absolute atomic E-state index is 13.0. The summed E-state index contributed by atoms with van der Waals surface area (Å²) < 4.78 is 13.5. The molecule has 0 saturated heterocycles. The zero-order chi connectivity index (χ0) is 8.72. The van der Waals surface area contributed by atoms with Crippen molar-refractivity contribution >= 4 is 15.9 Å². The van der Waals surface area contributed by atoms with Crippen LogP contribution in [0.2, 0.25) is 0 Å². The second-order valence-electron chi connectivity index (χ2n) is 3.18. The fourth-order valence-electron chi connectivity index (χ4n) is 1.34. The van der Waals surface area contributed by atoms with Crippen molar-refractivity contribution in [3.63, 3.8) is 0 Å². The maximum atomic E-state index is 13.0. The van der Waals surface area contributed by atoms with Gasteiger partial charge in [0.15, 0.2) is 0 Å². The summed E-state index contributed by atoms with van der Waals surface area (Å²) in [4.78, 5) is 0. The molecule has 1 aliphatic rings. The largest absolute Gasteiger partial charge is 0.327 e. The molecule has 2 atom stereocenters. The van der Waals surface area contributed by atoms with Gasteiger partial charge in [-0.2, -0.15) is 0 Å². The van der Waals surface area contributed by atoms with E-state index in [0.29, 0.717) is 10.4 Å². The SMILES string of the molecule is N[C@@H]1C[C@@H]1c1ccc(Br)c(F)c1. The predicted octanol–water partition coefficient (Wildman–Crippen LogP) is 2.40. The molecule has 2 N–H and O–H groups in total. The molecule has 1 aliphatic carbocycles. The number of halogens is 2. The van der Waals surface area contributed by atoms with Crippen LogP contribution in [-0.4, -0.2) is 6.04 Å². The van der Waals surface area contributed by atoms with Gasteiger partial charge in [0.1, 0.15) is 5.82 Å². The molecule has 1 saturated carbocycles. The van der Waals surface area contributed by atoms with E-state index >= 15 is 0 Å². The van der Waals surface area contributed by atoms with Crippen LogP contribution in [0.5, 0.6) is 0 Å². The van der Waals surface area contributed by atoms with Crippen LogP contribution >= 0.6 is 15.9 Å². The van der Waals surface area contributed by atoms with Crippen LogP contribution in [0.1, 0.15) is 17.9 Å². The summed E-state index contributed by atoms with van der Waals surface area (Å²) in [6, 6.07) is 5.45. The molecule has 0 bridgehead atoms. The van der Waals surface area contributed by atoms with E-state index in [4.69, 9.17) is 5.73 Å². The smallest absolute Gasteiger partial charge is 0.137 e. The van der Waals surface area contributed by atoms with Crippen LogP contribution in [0.15, 0.2) is 22.7 Å². The molecule has 0 heterocycles. The summed E-state index contributed by atoms with van der Waals surface area (Å²) in [7, 11) is 0. The Morgan fingerprint density at radius 1 is 1.50 bits per heavy atom. The van der Waals surface area contributed by atoms with Gasteiger partial charge in [-0.05, 0) is 40.0 Å². The topological polar surface area (TPSA) is 26.0 Å². The van der Waals surface area contributed by atoms with Crippen LogP contribution in [0.25, 0.3) is 0 Å². The van der Waals surface area contributed by atoms with Gasteiger partial charge in [0.05, 0.1) is 4.47 Å². The van der Waals surface area contributed by atoms with Gasteiger partial charge in [0.25, 0.3) is 0 Å². The average molecular weight is 230 g/mol. The van der Waals surface area contributed by atoms with Gasteiger partial charge in [0, 0.05) is 12.0 Å². The first-order valence-electron chi connectivity index (χ1n) is 3.89. The standard InChI is InChI=1S/C9H9BrFN/c10-7-2-1-5(3-8(7)11)6-4-9(6)12/h1-3,6,9H,4,12H2/t6-,9-/m1/s1. The molecule has 0 amide bonds. The molecule has 0 aliphatic heterocycles. The second-order valence-corrected chi connectivity index (χ2v) is 4.03. The number of nitrogens with two attached hydrogens (primary N) is 1. The van der Waals surface area contributed by atoms with E-state index in [1.807, 2.05) is 6.07 Å². The molecule has 3 heteroatoms. The highest BCUT2D eigenvalue weighted by Crippen LogP contribution is 2.39. The van der Waals surface area contributed by atoms with E-state index in [-0.39, 0.29) is 11.9 Å². The first kappa shape index (κ1) is 8.20. The summed E-state index contributed by atoms with van der Waals surface area (Å²) in [6.45, 7) is 0. The lowest BCUT2D eigenvalue weighted by Crippen LogP contribution is -2.01. The summed E-state index contributed by atoms with van der Waals surface area (Å²) in [5.41, 5.74) is 6.67. The molecule has 2 rings (SSSR count). The molecule has 1 aromatic rings. The molecule has 0 aromatic heterocycles. The second kappa shape index (κ2) is 2.82. The molecular weight excluding hydrogens is 221 g/mol. The maximum Gasteiger partial charge on any atom is 0.137 e. The van der Waals surface area contributed by atoms with E-state index in [0.717, 1.165) is 12.0 Å². The van der Waals surface area contributed by atoms with Crippen molar-refractivity contribution in [3.8, 4) is 0 Å². The van der Waals surface area contributed by atoms with Crippen LogP contribution in [0, 0.1) is 5.82 Å². The monoisotopic (exact) mass is 229 g/mol. The lowest BCUT2D eigenvalue weighted by Gasteiger charge is -1.99. The summed E-state index contributed by atoms with van der Waals surface area (Å²) in [5, 5.41) is 0. The zero-order valence-corrected chi connectivity index (χ0v) is 8.01. The van der Waals surface area contributed by atoms with Crippen molar-refractivity contribution in [3.05, 3.63) is 34.1 Å². The quantitative estimate of drug-likeness (QED) is 0.787. The van der Waals surface area contributed by atoms with Gasteiger partial charge in [-0.1, -0.05) is 6.07 Å². The van der Waals surface area contributed by atoms with Gasteiger partial charge in [0.2, 0.25) is 0 Å². The van der Waals surface area contributed by atoms with Crippen molar-refractivity contribution in [1.29, 1.82) is 0 Å². The Kier molecular flexibility index (Phi) is 1.93. The number of hydrogen-bond donors (Lipinski definition) is 1. The minimum absolute atomic E-state index is 0.202. The fourth-order valence-corrected chi connectivity index (χ4v) is 1.59. The molecule has 64 valence electrons. The van der Waals surface area contributed by atoms with E-state index in [9.17, 15) is 4.39 Å². The van der Waals surface area contributed by atoms with Crippen LogP contribution < -0.4 is 5.73 Å². The highest BCUT2D eigenvalue weighted by Gasteiger charge is 2.34. The highest BCUT2D eigenvalue weighted by atomic mass is 79.9. The average Bonchev–Trinajstić information content (AvgIpc) is 2.73. The van der Waals surface area contributed by atoms with Gasteiger partial charge in [-0.15, -0.1) is 0 Å². The van der Waals surface area contributed by atoms with Crippen LogP contribution in [-0.2, 0) is 0 Å². The van der Waals surface area contributed by atoms with Crippen molar-refractivity contribution in [2.75, 3.05) is 0 Å². The van der Waals surface area contributed by atoms with Crippen LogP contribution in [0.4, 0.5) is 4.39 Å². The van der Waals surface area contributed by atoms with E-state index in [1.54, 1.807) is 12.1 Å². The number of hydrogen-bond acceptors (Lipinski definition) is 1. The Morgan fingerprint density at radius 3 is 2.67 bits per heavy atom. The molecule has 0 unspecified atom stereocenters. The highest BCUT2D eigenvalue weighted by molar-refractivity contribution is 9.10.